The summed E-state index contributed by atoms with van der Waals surface area (Å²) in [6.07, 6.45) is -0.184. The topological polar surface area (TPSA) is 79.0 Å². The number of rotatable bonds is 3. The molecule has 14 heavy (non-hydrogen) atoms. The van der Waals surface area contributed by atoms with Gasteiger partial charge in [-0.2, -0.15) is 0 Å². The number of carbonyl (C=O) groups excluding carboxylic acids is 1. The lowest BCUT2D eigenvalue weighted by molar-refractivity contribution is -0.115. The summed E-state index contributed by atoms with van der Waals surface area (Å²) < 4.78 is 12.7. The highest BCUT2D eigenvalue weighted by atomic mass is 19.1. The first kappa shape index (κ1) is 10.2. The van der Waals surface area contributed by atoms with Gasteiger partial charge in [-0.1, -0.05) is 6.07 Å². The molecule has 0 aromatic heterocycles. The normalized spacial score (nSPS) is 9.50. The highest BCUT2D eigenvalue weighted by Gasteiger charge is 2.03. The van der Waals surface area contributed by atoms with Crippen LogP contribution in [0, 0.1) is 11.2 Å². The molecule has 0 unspecified atom stereocenters. The summed E-state index contributed by atoms with van der Waals surface area (Å²) in [7, 11) is 0. The summed E-state index contributed by atoms with van der Waals surface area (Å²) in [5, 5.41) is 9.29. The maximum absolute atomic E-state index is 12.7. The van der Waals surface area contributed by atoms with Crippen molar-refractivity contribution in [1.29, 1.82) is 5.41 Å². The Balaban J connectivity index is 2.60. The van der Waals surface area contributed by atoms with E-state index in [1.807, 2.05) is 0 Å². The highest BCUT2D eigenvalue weighted by molar-refractivity contribution is 6.03. The lowest BCUT2D eigenvalue weighted by Crippen LogP contribution is -2.20. The van der Waals surface area contributed by atoms with E-state index in [0.29, 0.717) is 5.69 Å². The molecule has 1 amide bonds. The lowest BCUT2D eigenvalue weighted by atomic mass is 10.3. The monoisotopic (exact) mass is 195 g/mol. The molecule has 4 nitrogen and oxygen atoms in total. The van der Waals surface area contributed by atoms with Crippen molar-refractivity contribution in [2.75, 3.05) is 5.32 Å². The van der Waals surface area contributed by atoms with Crippen LogP contribution in [0.4, 0.5) is 10.1 Å². The fourth-order valence-electron chi connectivity index (χ4n) is 0.944. The number of carbonyl (C=O) groups is 1. The number of hydrogen-bond acceptors (Lipinski definition) is 2. The van der Waals surface area contributed by atoms with Crippen LogP contribution in [0.3, 0.4) is 0 Å². The van der Waals surface area contributed by atoms with Crippen molar-refractivity contribution in [3.8, 4) is 0 Å². The van der Waals surface area contributed by atoms with E-state index in [0.717, 1.165) is 0 Å². The largest absolute Gasteiger partial charge is 0.387 e. The average Bonchev–Trinajstić information content (AvgIpc) is 2.01. The molecular formula is C9H10FN3O. The Morgan fingerprint density at radius 3 is 2.86 bits per heavy atom. The van der Waals surface area contributed by atoms with Crippen molar-refractivity contribution in [2.24, 2.45) is 5.73 Å². The van der Waals surface area contributed by atoms with Gasteiger partial charge in [0.1, 0.15) is 11.7 Å². The minimum atomic E-state index is -0.428. The minimum absolute atomic E-state index is 0.184. The Kier molecular flexibility index (Phi) is 3.17. The molecule has 0 bridgehead atoms. The Labute approximate surface area is 80.4 Å². The van der Waals surface area contributed by atoms with E-state index in [1.54, 1.807) is 6.07 Å². The second-order valence-corrected chi connectivity index (χ2v) is 2.76. The van der Waals surface area contributed by atoms with Gasteiger partial charge in [-0.05, 0) is 18.2 Å². The highest BCUT2D eigenvalue weighted by Crippen LogP contribution is 2.08. The Morgan fingerprint density at radius 1 is 1.57 bits per heavy atom. The van der Waals surface area contributed by atoms with Crippen LogP contribution in [0.1, 0.15) is 6.42 Å². The molecule has 0 saturated carbocycles. The smallest absolute Gasteiger partial charge is 0.231 e. The van der Waals surface area contributed by atoms with E-state index in [1.165, 1.54) is 18.2 Å². The molecule has 0 heterocycles. The van der Waals surface area contributed by atoms with Gasteiger partial charge in [0.15, 0.2) is 0 Å². The third-order valence-electron chi connectivity index (χ3n) is 1.46. The summed E-state index contributed by atoms with van der Waals surface area (Å²) >= 11 is 0. The molecule has 0 atom stereocenters. The van der Waals surface area contributed by atoms with Gasteiger partial charge in [0.25, 0.3) is 0 Å². The third-order valence-corrected chi connectivity index (χ3v) is 1.46. The van der Waals surface area contributed by atoms with Crippen molar-refractivity contribution in [3.05, 3.63) is 30.1 Å². The SMILES string of the molecule is N=C(N)CC(=O)Nc1cccc(F)c1. The Morgan fingerprint density at radius 2 is 2.29 bits per heavy atom. The summed E-state index contributed by atoms with van der Waals surface area (Å²) in [5.74, 6) is -1.08. The molecule has 4 N–H and O–H groups in total. The molecule has 0 saturated heterocycles. The first-order valence-corrected chi connectivity index (χ1v) is 3.96. The lowest BCUT2D eigenvalue weighted by Gasteiger charge is -2.03. The zero-order chi connectivity index (χ0) is 10.6. The molecule has 0 aliphatic rings. The zero-order valence-electron chi connectivity index (χ0n) is 7.38. The number of nitrogens with two attached hydrogens (primary N) is 1. The van der Waals surface area contributed by atoms with Crippen LogP contribution in [0.5, 0.6) is 0 Å². The van der Waals surface area contributed by atoms with Crippen LogP contribution in [0.15, 0.2) is 24.3 Å². The summed E-state index contributed by atoms with van der Waals surface area (Å²) in [4.78, 5) is 11.1. The quantitative estimate of drug-likeness (QED) is 0.498. The summed E-state index contributed by atoms with van der Waals surface area (Å²) in [6, 6.07) is 5.51. The minimum Gasteiger partial charge on any atom is -0.387 e. The number of nitrogens with one attached hydrogen (secondary N) is 2. The van der Waals surface area contributed by atoms with Gasteiger partial charge in [0.2, 0.25) is 5.91 Å². The number of amides is 1. The molecule has 1 aromatic rings. The number of halogens is 1. The molecule has 0 spiro atoms. The standard InChI is InChI=1S/C9H10FN3O/c10-6-2-1-3-7(4-6)13-9(14)5-8(11)12/h1-4H,5H2,(H3,11,12)(H,13,14). The van der Waals surface area contributed by atoms with Crippen LogP contribution in [0.25, 0.3) is 0 Å². The molecule has 5 heteroatoms. The van der Waals surface area contributed by atoms with Crippen LogP contribution in [-0.4, -0.2) is 11.7 Å². The van der Waals surface area contributed by atoms with Crippen molar-refractivity contribution in [3.63, 3.8) is 0 Å². The van der Waals surface area contributed by atoms with E-state index in [-0.39, 0.29) is 12.3 Å². The fraction of sp³-hybridized carbons (Fsp3) is 0.111. The fourth-order valence-corrected chi connectivity index (χ4v) is 0.944. The molecule has 74 valence electrons. The van der Waals surface area contributed by atoms with Gasteiger partial charge >= 0.3 is 0 Å². The van der Waals surface area contributed by atoms with Gasteiger partial charge in [0.05, 0.1) is 6.42 Å². The van der Waals surface area contributed by atoms with E-state index < -0.39 is 11.7 Å². The molecule has 0 aliphatic carbocycles. The predicted octanol–water partition coefficient (Wildman–Crippen LogP) is 1.09. The number of hydrogen-bond donors (Lipinski definition) is 3. The van der Waals surface area contributed by atoms with Crippen molar-refractivity contribution in [1.82, 2.24) is 0 Å². The van der Waals surface area contributed by atoms with Gasteiger partial charge in [-0.25, -0.2) is 4.39 Å². The van der Waals surface area contributed by atoms with Crippen LogP contribution in [-0.2, 0) is 4.79 Å². The van der Waals surface area contributed by atoms with Crippen molar-refractivity contribution < 1.29 is 9.18 Å². The molecule has 0 radical (unpaired) electrons. The zero-order valence-corrected chi connectivity index (χ0v) is 7.38. The van der Waals surface area contributed by atoms with E-state index in [2.05, 4.69) is 5.32 Å². The average molecular weight is 195 g/mol. The number of anilines is 1. The predicted molar refractivity (Wildman–Crippen MR) is 51.6 cm³/mol. The van der Waals surface area contributed by atoms with Gasteiger partial charge in [-0.3, -0.25) is 10.2 Å². The number of benzene rings is 1. The summed E-state index contributed by atoms with van der Waals surface area (Å²) in [5.41, 5.74) is 5.38. The maximum atomic E-state index is 12.7. The van der Waals surface area contributed by atoms with Crippen molar-refractivity contribution >= 4 is 17.4 Å². The first-order chi connectivity index (χ1) is 6.58. The maximum Gasteiger partial charge on any atom is 0.231 e. The van der Waals surface area contributed by atoms with Crippen LogP contribution >= 0.6 is 0 Å². The Bertz CT molecular complexity index is 365. The summed E-state index contributed by atoms with van der Waals surface area (Å²) in [6.45, 7) is 0. The molecule has 0 fully saturated rings. The molecule has 1 rings (SSSR count). The van der Waals surface area contributed by atoms with E-state index >= 15 is 0 Å². The molecular weight excluding hydrogens is 185 g/mol. The van der Waals surface area contributed by atoms with Crippen LogP contribution in [0.2, 0.25) is 0 Å². The molecule has 1 aromatic carbocycles. The second kappa shape index (κ2) is 4.36. The van der Waals surface area contributed by atoms with Crippen molar-refractivity contribution in [2.45, 2.75) is 6.42 Å². The van der Waals surface area contributed by atoms with Gasteiger partial charge in [-0.15, -0.1) is 0 Å². The van der Waals surface area contributed by atoms with E-state index in [9.17, 15) is 9.18 Å². The Hall–Kier alpha value is -1.91. The first-order valence-electron chi connectivity index (χ1n) is 3.96. The number of amidine groups is 1. The van der Waals surface area contributed by atoms with Gasteiger partial charge in [0, 0.05) is 5.69 Å². The van der Waals surface area contributed by atoms with E-state index in [4.69, 9.17) is 11.1 Å². The van der Waals surface area contributed by atoms with Gasteiger partial charge < -0.3 is 11.1 Å². The second-order valence-electron chi connectivity index (χ2n) is 2.76. The van der Waals surface area contributed by atoms with Crippen LogP contribution < -0.4 is 11.1 Å². The molecule has 0 aliphatic heterocycles. The third kappa shape index (κ3) is 3.22.